The second-order valence-corrected chi connectivity index (χ2v) is 47.0. The molecule has 2 spiro atoms. The number of imidazole rings is 5. The van der Waals surface area contributed by atoms with Gasteiger partial charge in [0, 0.05) is 163 Å². The Morgan fingerprint density at radius 3 is 1.17 bits per heavy atom. The van der Waals surface area contributed by atoms with Crippen LogP contribution in [0.15, 0.2) is 216 Å². The minimum Gasteiger partial charge on any atom is -0.523 e. The summed E-state index contributed by atoms with van der Waals surface area (Å²) in [7, 11) is 1.65. The highest BCUT2D eigenvalue weighted by Gasteiger charge is 2.63. The van der Waals surface area contributed by atoms with Gasteiger partial charge in [0.25, 0.3) is 0 Å². The number of aryl methyl sites for hydroxylation is 5. The first-order valence-electron chi connectivity index (χ1n) is 55.0. The quantitative estimate of drug-likeness (QED) is 0.139. The first-order chi connectivity index (χ1) is 71.2. The van der Waals surface area contributed by atoms with Crippen LogP contribution in [0.25, 0.3) is 33.3 Å². The van der Waals surface area contributed by atoms with Crippen molar-refractivity contribution in [1.29, 1.82) is 0 Å². The van der Waals surface area contributed by atoms with E-state index in [4.69, 9.17) is 59.7 Å². The van der Waals surface area contributed by atoms with E-state index in [0.29, 0.717) is 96.4 Å². The van der Waals surface area contributed by atoms with E-state index in [1.165, 1.54) is 98.0 Å². The molecular weight excluding hydrogens is 1840 g/mol. The molecule has 8 heterocycles. The van der Waals surface area contributed by atoms with Gasteiger partial charge in [0.2, 0.25) is 5.70 Å². The maximum absolute atomic E-state index is 13.3. The van der Waals surface area contributed by atoms with E-state index in [9.17, 15) is 19.5 Å². The van der Waals surface area contributed by atoms with Gasteiger partial charge in [-0.1, -0.05) is 216 Å². The maximum atomic E-state index is 13.3. The summed E-state index contributed by atoms with van der Waals surface area (Å²) in [5.41, 5.74) is 22.4. The molecule has 6 aromatic carbocycles. The van der Waals surface area contributed by atoms with Gasteiger partial charge in [0.1, 0.15) is 46.8 Å². The van der Waals surface area contributed by atoms with Crippen LogP contribution in [-0.2, 0) is 110 Å². The molecule has 14 aliphatic rings. The highest BCUT2D eigenvalue weighted by molar-refractivity contribution is 6.01. The molecule has 19 atom stereocenters. The summed E-state index contributed by atoms with van der Waals surface area (Å²) in [4.78, 5) is 66.9. The number of aromatic nitrogens is 11. The van der Waals surface area contributed by atoms with Crippen molar-refractivity contribution in [3.63, 3.8) is 0 Å². The molecule has 0 bridgehead atoms. The number of ketones is 3. The lowest BCUT2D eigenvalue weighted by molar-refractivity contribution is -0.239. The number of allylic oxidation sites excluding steroid dienone is 4. The van der Waals surface area contributed by atoms with Gasteiger partial charge in [-0.25, -0.2) is 29.8 Å². The van der Waals surface area contributed by atoms with E-state index < -0.39 is 5.79 Å². The van der Waals surface area contributed by atoms with Crippen molar-refractivity contribution >= 4 is 17.3 Å². The molecule has 1 N–H and O–H groups in total. The van der Waals surface area contributed by atoms with Crippen molar-refractivity contribution in [2.75, 3.05) is 33.5 Å². The number of fused-ring (bicyclic) bond motifs is 17. The third kappa shape index (κ3) is 17.1. The lowest BCUT2D eigenvalue weighted by atomic mass is 9.55. The zero-order chi connectivity index (χ0) is 104. The number of hydrogen-bond donors (Lipinski definition) is 1. The Kier molecular flexibility index (Phi) is 27.4. The topological polar surface area (TPSA) is 237 Å². The molecule has 1 unspecified atom stereocenters. The number of benzene rings is 6. The molecular formula is C126H150N12O10. The van der Waals surface area contributed by atoms with E-state index >= 15 is 0 Å². The number of para-hydroxylation sites is 5. The van der Waals surface area contributed by atoms with Gasteiger partial charge < -0.3 is 56.1 Å². The Bertz CT molecular complexity index is 7050. The number of rotatable bonds is 8. The molecule has 2 saturated heterocycles. The van der Waals surface area contributed by atoms with E-state index in [1.54, 1.807) is 7.11 Å². The summed E-state index contributed by atoms with van der Waals surface area (Å²) in [5, 5.41) is 14.5. The Labute approximate surface area is 874 Å². The summed E-state index contributed by atoms with van der Waals surface area (Å²) >= 11 is 0. The summed E-state index contributed by atoms with van der Waals surface area (Å²) < 4.78 is 46.9. The van der Waals surface area contributed by atoms with Gasteiger partial charge in [0.05, 0.1) is 73.4 Å². The fourth-order valence-corrected chi connectivity index (χ4v) is 31.4. The molecule has 22 nitrogen and oxygen atoms in total. The van der Waals surface area contributed by atoms with Crippen LogP contribution >= 0.6 is 0 Å². The first-order valence-corrected chi connectivity index (χ1v) is 55.0. The fraction of sp³-hybridized carbons (Fsp3) is 0.508. The predicted molar refractivity (Wildman–Crippen MR) is 574 cm³/mol. The van der Waals surface area contributed by atoms with Crippen LogP contribution in [0.3, 0.4) is 0 Å². The number of Topliss-reactive ketones (excluding diaryl/α,β-unsaturated/α-hetero) is 3. The highest BCUT2D eigenvalue weighted by Crippen LogP contribution is 2.62. The monoisotopic (exact) mass is 1990 g/mol. The number of aliphatic hydroxyl groups is 1. The largest absolute Gasteiger partial charge is 0.523 e. The SMILES string of the molecule is COC1C[C@]2(C)c3nc(C)n(-c4ccccc4)c3CC[C@H]2[C@H](C)C1=O.C[C@H]1[C@@H]2CC=C(Cc3ccccc3)C(=O)[C@@]2(C)CCC12OCCO2.Cc1nc2c(n1-c1ccccc1)CC[C@H]1[C@H](C)C(=O)CC[C@]21C.Cc1nc2c(n1-c1ccccc1)CC[C@H]1[C@H](C)C3(CC[C@]21C)OCCO3.Cc1nc2c(n1-c1ccccc1)CC[C@H]1[C@H](C)c3oncc3C[C@]21C.[C-]#[N+]C1=C(O)[C@@H](C)[C@@H]2CCc3c(nc(C)n3-c3ccccc3)[C@@]2(C)C1. The van der Waals surface area contributed by atoms with E-state index in [2.05, 4.69) is 302 Å². The van der Waals surface area contributed by atoms with Crippen LogP contribution in [0.4, 0.5) is 0 Å². The fourth-order valence-electron chi connectivity index (χ4n) is 31.4. The van der Waals surface area contributed by atoms with Gasteiger partial charge in [0.15, 0.2) is 23.1 Å². The van der Waals surface area contributed by atoms with E-state index in [1.807, 2.05) is 42.6 Å². The number of ether oxygens (including phenoxy) is 5. The molecule has 12 aliphatic carbocycles. The summed E-state index contributed by atoms with van der Waals surface area (Å²) in [6, 6.07) is 62.8. The third-order valence-electron chi connectivity index (χ3n) is 39.2. The molecule has 26 rings (SSSR count). The Hall–Kier alpha value is -11.8. The van der Waals surface area contributed by atoms with Crippen molar-refractivity contribution < 1.29 is 47.7 Å². The predicted octanol–water partition coefficient (Wildman–Crippen LogP) is 24.8. The number of aliphatic hydroxyl groups excluding tert-OH is 1. The molecule has 22 heteroatoms. The van der Waals surface area contributed by atoms with Crippen molar-refractivity contribution in [3.8, 4) is 28.4 Å². The second kappa shape index (κ2) is 39.8. The zero-order valence-corrected chi connectivity index (χ0v) is 90.1. The first kappa shape index (κ1) is 102. The van der Waals surface area contributed by atoms with Crippen molar-refractivity contribution in [2.24, 2.45) is 70.5 Å². The molecule has 148 heavy (non-hydrogen) atoms. The van der Waals surface area contributed by atoms with E-state index in [0.717, 1.165) is 174 Å². The lowest BCUT2D eigenvalue weighted by Crippen LogP contribution is -2.55. The number of methoxy groups -OCH3 is 1. The van der Waals surface area contributed by atoms with Gasteiger partial charge in [-0.3, -0.25) is 14.4 Å². The van der Waals surface area contributed by atoms with Crippen molar-refractivity contribution in [3.05, 3.63) is 326 Å². The average molecular weight is 1990 g/mol. The van der Waals surface area contributed by atoms with Crippen LogP contribution in [-0.4, -0.2) is 127 Å². The van der Waals surface area contributed by atoms with Gasteiger partial charge in [-0.05, 0) is 251 Å². The normalized spacial score (nSPS) is 30.8. The Balaban J connectivity index is 0.000000104. The number of nitrogens with zero attached hydrogens (tertiary/aromatic N) is 12. The number of carbonyl (C=O) groups excluding carboxylic acids is 3. The minimum atomic E-state index is -0.449. The van der Waals surface area contributed by atoms with Gasteiger partial charge in [-0.2, -0.15) is 0 Å². The smallest absolute Gasteiger partial charge is 0.203 e. The Morgan fingerprint density at radius 1 is 0.405 bits per heavy atom. The molecule has 0 radical (unpaired) electrons. The molecule has 0 amide bonds. The van der Waals surface area contributed by atoms with Gasteiger partial charge >= 0.3 is 0 Å². The van der Waals surface area contributed by atoms with E-state index in [-0.39, 0.29) is 73.8 Å². The summed E-state index contributed by atoms with van der Waals surface area (Å²) in [5.74, 6) is 10.7. The Morgan fingerprint density at radius 2 is 0.757 bits per heavy atom. The molecule has 4 saturated carbocycles. The van der Waals surface area contributed by atoms with Crippen molar-refractivity contribution in [1.82, 2.24) is 52.9 Å². The van der Waals surface area contributed by atoms with Crippen LogP contribution in [0.5, 0.6) is 0 Å². The standard InChI is InChI=1S/C22H28N2O2.2C21H23N3O.C21H26N2O2.C21H26O3.C20H24N2O/c1-15-18-9-10-19-20(21(18,3)11-12-22(15)25-13-14-26-22)23-16(2)24(19)17-7-5-4-6-8-17;1-13-17-9-10-18-20(21(17,3)11-15-12-22-25-19(13)15)23-14(2)24(18)16-7-5-4-6-8-16;1-13-16-10-11-18-20(21(16,3)12-17(22-4)19(13)25)23-14(2)24(18)15-8-6-5-7-9-15;1-13-16-10-11-17-20(21(16,3)12-18(25-4)19(13)24)22-14(2)23(17)15-8-6-5-7-9-15;1-15-18-9-8-17(14-16-6-4-3-5-7-16)19(22)20(18,2)10-11-21(15)23-12-13-24-21;1-13-16-9-10-17-19(20(16,3)12-11-18(13)23)21-14(2)22(17)15-7-5-4-6-8-15/h4-8,15,18H,9-14H2,1-3H3;4-8,12-13,17H,9-11H2,1-3H3;5-9,13,16,25H,10-12H2,1-3H3;5-9,13,16,18H,10-12H2,1-4H3;3-8,15,18H,9-14H2,1-2H3;4-8,13,16H,9-12H2,1-3H3/t15-,18-,21-;13-,17-,21-;13-,16-,21-;13-,16-,18?,21-;15-,18-,20-;13-,16-,20-/m000000/s1. The number of hydrogen-bond acceptors (Lipinski definition) is 16. The third-order valence-corrected chi connectivity index (χ3v) is 39.2. The van der Waals surface area contributed by atoms with Crippen molar-refractivity contribution in [2.45, 2.75) is 303 Å². The molecule has 6 aromatic heterocycles. The minimum absolute atomic E-state index is 0.0122. The number of carbonyl (C=O) groups is 3. The molecule has 12 aromatic rings. The summed E-state index contributed by atoms with van der Waals surface area (Å²) in [6.45, 7) is 47.7. The summed E-state index contributed by atoms with van der Waals surface area (Å²) in [6.07, 6.45) is 23.7. The van der Waals surface area contributed by atoms with Crippen LogP contribution in [0.1, 0.15) is 282 Å². The molecule has 774 valence electrons. The van der Waals surface area contributed by atoms with Gasteiger partial charge in [-0.15, -0.1) is 0 Å². The average Bonchev–Trinajstić information content (AvgIpc) is 1.52. The lowest BCUT2D eigenvalue weighted by Gasteiger charge is -2.53. The highest BCUT2D eigenvalue weighted by atomic mass is 16.7. The molecule has 6 fully saturated rings. The zero-order valence-electron chi connectivity index (χ0n) is 90.1. The maximum Gasteiger partial charge on any atom is 0.203 e. The van der Waals surface area contributed by atoms with Crippen LogP contribution in [0, 0.1) is 112 Å². The van der Waals surface area contributed by atoms with Crippen LogP contribution in [0.2, 0.25) is 0 Å². The molecule has 2 aliphatic heterocycles. The second-order valence-electron chi connectivity index (χ2n) is 47.0. The van der Waals surface area contributed by atoms with Crippen LogP contribution < -0.4 is 0 Å².